The topological polar surface area (TPSA) is 454 Å². The average molecular weight is 938 g/mol. The molecule has 0 spiro atoms. The Bertz CT molecular complexity index is 1970. The highest BCUT2D eigenvalue weighted by molar-refractivity contribution is 8.13. The Morgan fingerprint density at radius 1 is 1.05 bits per heavy atom. The number of aliphatic hydroxyl groups is 2. The van der Waals surface area contributed by atoms with Gasteiger partial charge in [0.05, 0.1) is 25.6 Å². The van der Waals surface area contributed by atoms with E-state index in [0.717, 1.165) is 29.0 Å². The minimum atomic E-state index is -5.59. The molecule has 1 fully saturated rings. The number of hydrogen-bond acceptors (Lipinski definition) is 20. The summed E-state index contributed by atoms with van der Waals surface area (Å²) in [6.07, 6.45) is -5.29. The van der Waals surface area contributed by atoms with Crippen molar-refractivity contribution >= 4 is 75.1 Å². The standard InChI is InChI=1S/C28H50N11O17P3S/c1-28(2,21(42)24(43)34-8-6-17(40)33-9-10-60-26(44)15(29)5-3-4-7-35-27(31)32)12-53-59(50,51)56-58(48,49)52-11-16-20(55-57(45,46)47)19(41)25(54-16)39-14-38-18-22(30)36-13-37-23(18)39/h13-16,19-21,25,41-42H,3-12,29H2,1-2H3,(H,33,40)(H,34,43)(H,48,49)(H,50,51)(H2,30,36,37)(H4,31,32,35)(H2,45,46,47). The lowest BCUT2D eigenvalue weighted by Gasteiger charge is -2.30. The van der Waals surface area contributed by atoms with Crippen molar-refractivity contribution in [1.82, 2.24) is 30.2 Å². The molecule has 8 unspecified atom stereocenters. The number of unbranched alkanes of at least 4 members (excludes halogenated alkanes) is 1. The van der Waals surface area contributed by atoms with Crippen LogP contribution >= 0.6 is 35.2 Å². The van der Waals surface area contributed by atoms with Gasteiger partial charge in [-0.2, -0.15) is 4.31 Å². The molecule has 0 radical (unpaired) electrons. The van der Waals surface area contributed by atoms with Gasteiger partial charge in [0.25, 0.3) is 0 Å². The fraction of sp³-hybridized carbons (Fsp3) is 0.679. The summed E-state index contributed by atoms with van der Waals surface area (Å²) in [5.74, 6) is -1.30. The zero-order chi connectivity index (χ0) is 45.1. The summed E-state index contributed by atoms with van der Waals surface area (Å²) in [5.41, 5.74) is 20.6. The molecule has 340 valence electrons. The molecule has 2 aromatic rings. The van der Waals surface area contributed by atoms with E-state index in [1.165, 1.54) is 13.8 Å². The first kappa shape index (κ1) is 51.1. The van der Waals surface area contributed by atoms with Crippen LogP contribution in [0.1, 0.15) is 45.8 Å². The summed E-state index contributed by atoms with van der Waals surface area (Å²) in [5, 5.41) is 26.1. The highest BCUT2D eigenvalue weighted by Crippen LogP contribution is 2.61. The number of guanidine groups is 1. The van der Waals surface area contributed by atoms with Crippen molar-refractivity contribution in [3.05, 3.63) is 12.7 Å². The maximum absolute atomic E-state index is 12.7. The fourth-order valence-corrected chi connectivity index (χ4v) is 8.76. The van der Waals surface area contributed by atoms with Gasteiger partial charge in [-0.15, -0.1) is 0 Å². The van der Waals surface area contributed by atoms with Gasteiger partial charge < -0.3 is 68.1 Å². The van der Waals surface area contributed by atoms with E-state index in [0.29, 0.717) is 25.8 Å². The molecule has 28 nitrogen and oxygen atoms in total. The SMILES string of the molecule is CC(C)(COP(=O)(O)OP(=O)(O)OCC1OC(n2cnc3c(N)ncnc32)C(O)C1OP(=O)(O)O)C(O)C(=O)NCCC(=O)NCCSC(=O)C(N)CCCCN=C(N)N. The third-order valence-corrected chi connectivity index (χ3v) is 12.4. The lowest BCUT2D eigenvalue weighted by atomic mass is 9.87. The van der Waals surface area contributed by atoms with E-state index in [1.807, 2.05) is 0 Å². The van der Waals surface area contributed by atoms with Crippen LogP contribution in [-0.2, 0) is 50.7 Å². The van der Waals surface area contributed by atoms with Crippen molar-refractivity contribution < 1.29 is 80.5 Å². The van der Waals surface area contributed by atoms with E-state index in [9.17, 15) is 57.9 Å². The van der Waals surface area contributed by atoms with Gasteiger partial charge in [0, 0.05) is 37.2 Å². The Kier molecular flexibility index (Phi) is 19.0. The van der Waals surface area contributed by atoms with Gasteiger partial charge in [-0.1, -0.05) is 25.6 Å². The second-order valence-corrected chi connectivity index (χ2v) is 19.0. The van der Waals surface area contributed by atoms with Crippen LogP contribution in [-0.4, -0.2) is 141 Å². The minimum Gasteiger partial charge on any atom is -0.386 e. The van der Waals surface area contributed by atoms with E-state index < -0.39 is 90.6 Å². The number of aromatic nitrogens is 4. The lowest BCUT2D eigenvalue weighted by molar-refractivity contribution is -0.137. The number of nitrogens with two attached hydrogens (primary N) is 4. The number of aliphatic hydroxyl groups excluding tert-OH is 2. The van der Waals surface area contributed by atoms with Crippen molar-refractivity contribution in [2.24, 2.45) is 27.6 Å². The van der Waals surface area contributed by atoms with Crippen LogP contribution in [0, 0.1) is 5.41 Å². The maximum atomic E-state index is 12.7. The summed E-state index contributed by atoms with van der Waals surface area (Å²) < 4.78 is 62.2. The number of aliphatic imine (C=N–C) groups is 1. The van der Waals surface area contributed by atoms with Gasteiger partial charge in [0.2, 0.25) is 16.9 Å². The number of imidazole rings is 1. The van der Waals surface area contributed by atoms with Gasteiger partial charge in [-0.3, -0.25) is 37.5 Å². The monoisotopic (exact) mass is 937 g/mol. The summed E-state index contributed by atoms with van der Waals surface area (Å²) in [6, 6.07) is -0.693. The highest BCUT2D eigenvalue weighted by Gasteiger charge is 2.50. The number of fused-ring (bicyclic) bond motifs is 1. The minimum absolute atomic E-state index is 0.0187. The number of carbonyl (C=O) groups is 3. The van der Waals surface area contributed by atoms with Crippen LogP contribution in [0.15, 0.2) is 17.6 Å². The number of anilines is 1. The van der Waals surface area contributed by atoms with Crippen molar-refractivity contribution in [2.75, 3.05) is 44.3 Å². The van der Waals surface area contributed by atoms with Gasteiger partial charge in [0.1, 0.15) is 36.3 Å². The quantitative estimate of drug-likeness (QED) is 0.0211. The molecule has 1 saturated heterocycles. The average Bonchev–Trinajstić information content (AvgIpc) is 3.70. The van der Waals surface area contributed by atoms with Gasteiger partial charge in [-0.25, -0.2) is 28.6 Å². The predicted octanol–water partition coefficient (Wildman–Crippen LogP) is -2.56. The Balaban J connectivity index is 1.43. The molecule has 60 heavy (non-hydrogen) atoms. The molecule has 1 aliphatic heterocycles. The molecule has 3 rings (SSSR count). The number of rotatable bonds is 25. The molecule has 2 aromatic heterocycles. The fourth-order valence-electron chi connectivity index (χ4n) is 5.19. The second-order valence-electron chi connectivity index (χ2n) is 13.6. The van der Waals surface area contributed by atoms with Gasteiger partial charge >= 0.3 is 23.5 Å². The number of hydrogen-bond donors (Lipinski definition) is 12. The maximum Gasteiger partial charge on any atom is 0.481 e. The first-order valence-electron chi connectivity index (χ1n) is 17.7. The number of nitrogen functional groups attached to an aromatic ring is 1. The molecule has 0 saturated carbocycles. The number of nitrogens with one attached hydrogen (secondary N) is 2. The number of carbonyl (C=O) groups excluding carboxylic acids is 3. The molecule has 1 aliphatic rings. The van der Waals surface area contributed by atoms with Crippen LogP contribution in [0.25, 0.3) is 11.2 Å². The van der Waals surface area contributed by atoms with Gasteiger partial charge in [-0.05, 0) is 19.3 Å². The summed E-state index contributed by atoms with van der Waals surface area (Å²) >= 11 is 0.954. The first-order chi connectivity index (χ1) is 27.8. The zero-order valence-corrected chi connectivity index (χ0v) is 35.7. The van der Waals surface area contributed by atoms with Crippen molar-refractivity contribution in [3.63, 3.8) is 0 Å². The van der Waals surface area contributed by atoms with E-state index in [4.69, 9.17) is 36.7 Å². The van der Waals surface area contributed by atoms with E-state index in [-0.39, 0.29) is 53.3 Å². The Morgan fingerprint density at radius 2 is 1.73 bits per heavy atom. The van der Waals surface area contributed by atoms with Crippen molar-refractivity contribution in [2.45, 2.75) is 76.2 Å². The number of ether oxygens (including phenoxy) is 1. The molecule has 32 heteroatoms. The molecule has 16 N–H and O–H groups in total. The van der Waals surface area contributed by atoms with E-state index >= 15 is 0 Å². The Hall–Kier alpha value is -3.21. The Labute approximate surface area is 346 Å². The molecule has 2 amide bonds. The van der Waals surface area contributed by atoms with Crippen molar-refractivity contribution in [1.29, 1.82) is 0 Å². The number of phosphoric ester groups is 3. The first-order valence-corrected chi connectivity index (χ1v) is 23.2. The molecule has 0 bridgehead atoms. The highest BCUT2D eigenvalue weighted by atomic mass is 32.2. The van der Waals surface area contributed by atoms with Crippen LogP contribution in [0.3, 0.4) is 0 Å². The summed E-state index contributed by atoms with van der Waals surface area (Å²) in [4.78, 5) is 91.8. The van der Waals surface area contributed by atoms with Crippen LogP contribution < -0.4 is 33.6 Å². The Morgan fingerprint density at radius 3 is 2.40 bits per heavy atom. The molecule has 0 aliphatic carbocycles. The number of thioether (sulfide) groups is 1. The molecule has 3 heterocycles. The summed E-state index contributed by atoms with van der Waals surface area (Å²) in [6.45, 7) is 0.749. The third kappa shape index (κ3) is 16.2. The van der Waals surface area contributed by atoms with Crippen LogP contribution in [0.4, 0.5) is 5.82 Å². The molecular formula is C28H50N11O17P3S. The van der Waals surface area contributed by atoms with Crippen LogP contribution in [0.5, 0.6) is 0 Å². The lowest BCUT2D eigenvalue weighted by Crippen LogP contribution is -2.46. The summed E-state index contributed by atoms with van der Waals surface area (Å²) in [7, 11) is -16.4. The van der Waals surface area contributed by atoms with Gasteiger partial charge in [0.15, 0.2) is 23.7 Å². The number of amides is 2. The van der Waals surface area contributed by atoms with Crippen molar-refractivity contribution in [3.8, 4) is 0 Å². The second kappa shape index (κ2) is 22.2. The number of nitrogens with zero attached hydrogens (tertiary/aromatic N) is 5. The smallest absolute Gasteiger partial charge is 0.386 e. The van der Waals surface area contributed by atoms with E-state index in [1.54, 1.807) is 0 Å². The zero-order valence-electron chi connectivity index (χ0n) is 32.2. The third-order valence-electron chi connectivity index (χ3n) is 8.27. The molecule has 8 atom stereocenters. The predicted molar refractivity (Wildman–Crippen MR) is 210 cm³/mol. The number of phosphoric acid groups is 3. The normalized spacial score (nSPS) is 21.4. The largest absolute Gasteiger partial charge is 0.481 e. The van der Waals surface area contributed by atoms with Crippen LogP contribution in [0.2, 0.25) is 0 Å². The van der Waals surface area contributed by atoms with E-state index in [2.05, 4.69) is 39.4 Å². The molecular weight excluding hydrogens is 887 g/mol. The molecule has 0 aromatic carbocycles.